The van der Waals surface area contributed by atoms with Crippen molar-refractivity contribution in [3.8, 4) is 11.3 Å². The summed E-state index contributed by atoms with van der Waals surface area (Å²) in [6.45, 7) is -0.280. The lowest BCUT2D eigenvalue weighted by molar-refractivity contribution is 0.128. The molecule has 19 heavy (non-hydrogen) atoms. The maximum Gasteiger partial charge on any atom is 0.256 e. The van der Waals surface area contributed by atoms with Gasteiger partial charge in [0.2, 0.25) is 0 Å². The Kier molecular flexibility index (Phi) is 3.03. The van der Waals surface area contributed by atoms with Gasteiger partial charge < -0.3 is 4.57 Å². The van der Waals surface area contributed by atoms with Gasteiger partial charge in [0.05, 0.1) is 6.54 Å². The van der Waals surface area contributed by atoms with E-state index in [-0.39, 0.29) is 6.54 Å². The van der Waals surface area contributed by atoms with Crippen molar-refractivity contribution in [2.75, 3.05) is 0 Å². The highest BCUT2D eigenvalue weighted by atomic mass is 19.3. The lowest BCUT2D eigenvalue weighted by Crippen LogP contribution is -2.07. The van der Waals surface area contributed by atoms with Crippen LogP contribution in [0.3, 0.4) is 0 Å². The van der Waals surface area contributed by atoms with E-state index in [1.807, 2.05) is 60.7 Å². The van der Waals surface area contributed by atoms with Crippen LogP contribution < -0.4 is 0 Å². The first-order valence-corrected chi connectivity index (χ1v) is 6.17. The van der Waals surface area contributed by atoms with E-state index in [0.717, 1.165) is 22.2 Å². The maximum atomic E-state index is 12.8. The Morgan fingerprint density at radius 1 is 0.895 bits per heavy atom. The SMILES string of the molecule is FC(F)Cn1c(-c2ccccc2)cc2ccccc21. The summed E-state index contributed by atoms with van der Waals surface area (Å²) in [5.41, 5.74) is 2.64. The molecule has 3 aromatic rings. The van der Waals surface area contributed by atoms with Crippen molar-refractivity contribution >= 4 is 10.9 Å². The third-order valence-electron chi connectivity index (χ3n) is 3.20. The summed E-state index contributed by atoms with van der Waals surface area (Å²) < 4.78 is 27.3. The van der Waals surface area contributed by atoms with Gasteiger partial charge in [0.25, 0.3) is 6.43 Å². The molecule has 0 unspecified atom stereocenters. The normalized spacial score (nSPS) is 11.3. The zero-order chi connectivity index (χ0) is 13.2. The van der Waals surface area contributed by atoms with E-state index < -0.39 is 6.43 Å². The Bertz CT molecular complexity index is 686. The summed E-state index contributed by atoms with van der Waals surface area (Å²) in [4.78, 5) is 0. The fourth-order valence-corrected chi connectivity index (χ4v) is 2.39. The number of alkyl halides is 2. The Hall–Kier alpha value is -2.16. The van der Waals surface area contributed by atoms with E-state index in [0.29, 0.717) is 0 Å². The number of fused-ring (bicyclic) bond motifs is 1. The van der Waals surface area contributed by atoms with Crippen LogP contribution in [0.1, 0.15) is 0 Å². The predicted molar refractivity (Wildman–Crippen MR) is 73.4 cm³/mol. The standard InChI is InChI=1S/C16H13F2N/c17-16(18)11-19-14-9-5-4-8-13(14)10-15(19)12-6-2-1-3-7-12/h1-10,16H,11H2. The van der Waals surface area contributed by atoms with Gasteiger partial charge in [0.15, 0.2) is 0 Å². The lowest BCUT2D eigenvalue weighted by Gasteiger charge is -2.10. The summed E-state index contributed by atoms with van der Waals surface area (Å²) in [6.07, 6.45) is -2.36. The topological polar surface area (TPSA) is 4.93 Å². The molecule has 0 spiro atoms. The Morgan fingerprint density at radius 3 is 2.32 bits per heavy atom. The quantitative estimate of drug-likeness (QED) is 0.647. The smallest absolute Gasteiger partial charge is 0.256 e. The predicted octanol–water partition coefficient (Wildman–Crippen LogP) is 4.57. The Morgan fingerprint density at radius 2 is 1.58 bits per heavy atom. The largest absolute Gasteiger partial charge is 0.335 e. The van der Waals surface area contributed by atoms with E-state index in [4.69, 9.17) is 0 Å². The first-order chi connectivity index (χ1) is 9.25. The summed E-state index contributed by atoms with van der Waals surface area (Å²) >= 11 is 0. The second-order valence-electron chi connectivity index (χ2n) is 4.46. The molecule has 3 rings (SSSR count). The molecular weight excluding hydrogens is 244 g/mol. The molecule has 0 N–H and O–H groups in total. The van der Waals surface area contributed by atoms with Gasteiger partial charge in [0.1, 0.15) is 0 Å². The second kappa shape index (κ2) is 4.84. The van der Waals surface area contributed by atoms with Crippen molar-refractivity contribution < 1.29 is 8.78 Å². The number of benzene rings is 2. The minimum atomic E-state index is -2.36. The number of nitrogens with zero attached hydrogens (tertiary/aromatic N) is 1. The highest BCUT2D eigenvalue weighted by Gasteiger charge is 2.13. The van der Waals surface area contributed by atoms with Crippen molar-refractivity contribution in [2.24, 2.45) is 0 Å². The highest BCUT2D eigenvalue weighted by molar-refractivity contribution is 5.87. The minimum Gasteiger partial charge on any atom is -0.335 e. The summed E-state index contributed by atoms with van der Waals surface area (Å²) in [5, 5.41) is 0.988. The fraction of sp³-hybridized carbons (Fsp3) is 0.125. The van der Waals surface area contributed by atoms with Crippen LogP contribution in [0.2, 0.25) is 0 Å². The van der Waals surface area contributed by atoms with Gasteiger partial charge >= 0.3 is 0 Å². The van der Waals surface area contributed by atoms with Gasteiger partial charge in [-0.05, 0) is 17.7 Å². The third kappa shape index (κ3) is 2.24. The zero-order valence-electron chi connectivity index (χ0n) is 10.3. The average molecular weight is 257 g/mol. The molecule has 0 atom stereocenters. The molecule has 0 bridgehead atoms. The number of hydrogen-bond acceptors (Lipinski definition) is 0. The fourth-order valence-electron chi connectivity index (χ4n) is 2.39. The van der Waals surface area contributed by atoms with Gasteiger partial charge in [-0.3, -0.25) is 0 Å². The molecule has 0 aliphatic carbocycles. The van der Waals surface area contributed by atoms with Crippen LogP contribution in [0.25, 0.3) is 22.2 Å². The van der Waals surface area contributed by atoms with Crippen LogP contribution in [0.5, 0.6) is 0 Å². The molecule has 0 fully saturated rings. The molecule has 0 saturated carbocycles. The van der Waals surface area contributed by atoms with Crippen LogP contribution in [0.4, 0.5) is 8.78 Å². The second-order valence-corrected chi connectivity index (χ2v) is 4.46. The molecule has 0 aliphatic rings. The van der Waals surface area contributed by atoms with Gasteiger partial charge in [-0.15, -0.1) is 0 Å². The monoisotopic (exact) mass is 257 g/mol. The van der Waals surface area contributed by atoms with Crippen molar-refractivity contribution in [3.63, 3.8) is 0 Å². The van der Waals surface area contributed by atoms with E-state index >= 15 is 0 Å². The molecule has 0 saturated heterocycles. The Balaban J connectivity index is 2.23. The van der Waals surface area contributed by atoms with Crippen molar-refractivity contribution in [2.45, 2.75) is 13.0 Å². The van der Waals surface area contributed by atoms with Crippen molar-refractivity contribution in [1.82, 2.24) is 4.57 Å². The molecular formula is C16H13F2N. The first kappa shape index (κ1) is 11.9. The molecule has 3 heteroatoms. The molecule has 0 aliphatic heterocycles. The van der Waals surface area contributed by atoms with E-state index in [1.54, 1.807) is 4.57 Å². The molecule has 1 heterocycles. The molecule has 0 amide bonds. The molecule has 1 aromatic heterocycles. The van der Waals surface area contributed by atoms with Gasteiger partial charge in [-0.25, -0.2) is 8.78 Å². The van der Waals surface area contributed by atoms with Crippen LogP contribution in [-0.2, 0) is 6.54 Å². The molecule has 0 radical (unpaired) electrons. The third-order valence-corrected chi connectivity index (χ3v) is 3.20. The average Bonchev–Trinajstić information content (AvgIpc) is 2.78. The van der Waals surface area contributed by atoms with E-state index in [2.05, 4.69) is 0 Å². The number of halogens is 2. The first-order valence-electron chi connectivity index (χ1n) is 6.17. The molecule has 2 aromatic carbocycles. The van der Waals surface area contributed by atoms with Crippen LogP contribution in [-0.4, -0.2) is 11.0 Å². The molecule has 96 valence electrons. The molecule has 1 nitrogen and oxygen atoms in total. The number of rotatable bonds is 3. The van der Waals surface area contributed by atoms with Gasteiger partial charge in [0, 0.05) is 16.6 Å². The summed E-state index contributed by atoms with van der Waals surface area (Å²) in [7, 11) is 0. The minimum absolute atomic E-state index is 0.280. The van der Waals surface area contributed by atoms with Crippen LogP contribution in [0, 0.1) is 0 Å². The van der Waals surface area contributed by atoms with E-state index in [1.165, 1.54) is 0 Å². The maximum absolute atomic E-state index is 12.8. The zero-order valence-corrected chi connectivity index (χ0v) is 10.3. The highest BCUT2D eigenvalue weighted by Crippen LogP contribution is 2.28. The van der Waals surface area contributed by atoms with Crippen molar-refractivity contribution in [1.29, 1.82) is 0 Å². The number of para-hydroxylation sites is 1. The number of aromatic nitrogens is 1. The van der Waals surface area contributed by atoms with Crippen LogP contribution >= 0.6 is 0 Å². The van der Waals surface area contributed by atoms with E-state index in [9.17, 15) is 8.78 Å². The Labute approximate surface area is 110 Å². The number of hydrogen-bond donors (Lipinski definition) is 0. The lowest BCUT2D eigenvalue weighted by atomic mass is 10.1. The summed E-state index contributed by atoms with van der Waals surface area (Å²) in [6, 6.07) is 19.2. The van der Waals surface area contributed by atoms with Gasteiger partial charge in [-0.1, -0.05) is 48.5 Å². The van der Waals surface area contributed by atoms with Gasteiger partial charge in [-0.2, -0.15) is 0 Å². The van der Waals surface area contributed by atoms with Crippen LogP contribution in [0.15, 0.2) is 60.7 Å². The summed E-state index contributed by atoms with van der Waals surface area (Å²) in [5.74, 6) is 0. The van der Waals surface area contributed by atoms with Crippen molar-refractivity contribution in [3.05, 3.63) is 60.7 Å².